The average Bonchev–Trinajstić information content (AvgIpc) is 3.06. The number of fused-ring (bicyclic) bond motifs is 1. The second kappa shape index (κ2) is 8.65. The summed E-state index contributed by atoms with van der Waals surface area (Å²) in [6, 6.07) is 7.92. The largest absolute Gasteiger partial charge is 0.398 e. The first kappa shape index (κ1) is 20.9. The Morgan fingerprint density at radius 3 is 2.41 bits per heavy atom. The van der Waals surface area contributed by atoms with Crippen molar-refractivity contribution in [3.05, 3.63) is 35.5 Å². The van der Waals surface area contributed by atoms with Crippen LogP contribution in [0.2, 0.25) is 0 Å². The molecule has 3 aromatic rings. The highest BCUT2D eigenvalue weighted by molar-refractivity contribution is 5.89. The van der Waals surface area contributed by atoms with Crippen molar-refractivity contribution in [2.45, 2.75) is 59.2 Å². The van der Waals surface area contributed by atoms with E-state index in [2.05, 4.69) is 43.3 Å². The van der Waals surface area contributed by atoms with E-state index < -0.39 is 6.10 Å². The van der Waals surface area contributed by atoms with Crippen molar-refractivity contribution >= 4 is 28.5 Å². The number of aliphatic hydroxyl groups excluding tert-OH is 1. The molecule has 3 rings (SSSR count). The van der Waals surface area contributed by atoms with Crippen LogP contribution in [0.3, 0.4) is 0 Å². The zero-order valence-corrected chi connectivity index (χ0v) is 17.8. The lowest BCUT2D eigenvalue weighted by molar-refractivity contribution is 0.208. The van der Waals surface area contributed by atoms with Crippen molar-refractivity contribution in [2.75, 3.05) is 22.9 Å². The summed E-state index contributed by atoms with van der Waals surface area (Å²) in [4.78, 5) is 9.41. The van der Waals surface area contributed by atoms with Crippen LogP contribution in [-0.2, 0) is 6.54 Å². The molecule has 2 heterocycles. The molecule has 1 atom stereocenters. The number of nitrogens with one attached hydrogen (secondary N) is 2. The molecule has 0 spiro atoms. The van der Waals surface area contributed by atoms with E-state index in [1.165, 1.54) is 0 Å². The monoisotopic (exact) mass is 397 g/mol. The highest BCUT2D eigenvalue weighted by atomic mass is 16.3. The molecule has 0 aliphatic carbocycles. The number of benzene rings is 1. The fourth-order valence-corrected chi connectivity index (χ4v) is 3.14. The number of rotatable bonds is 8. The van der Waals surface area contributed by atoms with Crippen molar-refractivity contribution in [1.82, 2.24) is 19.7 Å². The molecule has 0 bridgehead atoms. The van der Waals surface area contributed by atoms with Crippen molar-refractivity contribution in [3.8, 4) is 0 Å². The van der Waals surface area contributed by atoms with Crippen LogP contribution in [0.1, 0.15) is 57.8 Å². The number of nitrogens with zero attached hydrogens (tertiary/aromatic N) is 4. The molecule has 8 heteroatoms. The third-order valence-corrected chi connectivity index (χ3v) is 4.66. The van der Waals surface area contributed by atoms with Crippen molar-refractivity contribution in [2.24, 2.45) is 0 Å². The zero-order valence-electron chi connectivity index (χ0n) is 17.8. The summed E-state index contributed by atoms with van der Waals surface area (Å²) in [5, 5.41) is 21.0. The summed E-state index contributed by atoms with van der Waals surface area (Å²) in [7, 11) is 0. The molecular weight excluding hydrogens is 366 g/mol. The topological polar surface area (TPSA) is 114 Å². The minimum atomic E-state index is -0.502. The molecule has 0 amide bonds. The lowest BCUT2D eigenvalue weighted by Gasteiger charge is -2.14. The second-order valence-electron chi connectivity index (χ2n) is 7.95. The van der Waals surface area contributed by atoms with Crippen molar-refractivity contribution < 1.29 is 5.11 Å². The van der Waals surface area contributed by atoms with Crippen LogP contribution < -0.4 is 16.4 Å². The minimum absolute atomic E-state index is 0.159. The number of aliphatic hydroxyl groups is 1. The molecule has 0 aliphatic heterocycles. The second-order valence-corrected chi connectivity index (χ2v) is 7.95. The zero-order chi connectivity index (χ0) is 21.1. The molecule has 156 valence electrons. The summed E-state index contributed by atoms with van der Waals surface area (Å²) in [5.41, 5.74) is 10.5. The van der Waals surface area contributed by atoms with Gasteiger partial charge in [-0.15, -0.1) is 0 Å². The normalized spacial score (nSPS) is 12.7. The molecule has 8 nitrogen and oxygen atoms in total. The SMILES string of the molecule is CC(O)CNc1nc(NCc2ccccc2N)c2c(n1)c(C(C)C)nn2C(C)C. The smallest absolute Gasteiger partial charge is 0.225 e. The van der Waals surface area contributed by atoms with E-state index >= 15 is 0 Å². The van der Waals surface area contributed by atoms with E-state index in [-0.39, 0.29) is 12.0 Å². The third kappa shape index (κ3) is 4.59. The number of hydrogen-bond donors (Lipinski definition) is 4. The van der Waals surface area contributed by atoms with Crippen LogP contribution in [0, 0.1) is 0 Å². The molecule has 0 aliphatic rings. The summed E-state index contributed by atoms with van der Waals surface area (Å²) < 4.78 is 1.97. The summed E-state index contributed by atoms with van der Waals surface area (Å²) in [5.74, 6) is 1.38. The molecule has 1 unspecified atom stereocenters. The first-order valence-electron chi connectivity index (χ1n) is 10.1. The Balaban J connectivity index is 2.09. The maximum absolute atomic E-state index is 9.63. The fraction of sp³-hybridized carbons (Fsp3) is 0.476. The molecule has 2 aromatic heterocycles. The number of anilines is 3. The Morgan fingerprint density at radius 2 is 1.79 bits per heavy atom. The maximum Gasteiger partial charge on any atom is 0.225 e. The molecule has 29 heavy (non-hydrogen) atoms. The van der Waals surface area contributed by atoms with Gasteiger partial charge in [0.05, 0.1) is 11.8 Å². The van der Waals surface area contributed by atoms with E-state index in [1.807, 2.05) is 28.9 Å². The van der Waals surface area contributed by atoms with E-state index in [4.69, 9.17) is 15.8 Å². The van der Waals surface area contributed by atoms with Gasteiger partial charge in [0.15, 0.2) is 5.82 Å². The number of hydrogen-bond acceptors (Lipinski definition) is 7. The van der Waals surface area contributed by atoms with Crippen LogP contribution in [0.25, 0.3) is 11.0 Å². The molecule has 0 saturated carbocycles. The first-order chi connectivity index (χ1) is 13.8. The molecular formula is C21H31N7O. The van der Waals surface area contributed by atoms with Crippen molar-refractivity contribution in [1.29, 1.82) is 0 Å². The lowest BCUT2D eigenvalue weighted by atomic mass is 10.1. The van der Waals surface area contributed by atoms with E-state index in [1.54, 1.807) is 6.92 Å². The molecule has 1 aromatic carbocycles. The van der Waals surface area contributed by atoms with E-state index in [0.29, 0.717) is 24.9 Å². The van der Waals surface area contributed by atoms with E-state index in [0.717, 1.165) is 28.0 Å². The highest BCUT2D eigenvalue weighted by Crippen LogP contribution is 2.31. The quantitative estimate of drug-likeness (QED) is 0.430. The summed E-state index contributed by atoms with van der Waals surface area (Å²) in [6.45, 7) is 11.0. The van der Waals surface area contributed by atoms with Gasteiger partial charge in [-0.2, -0.15) is 10.1 Å². The first-order valence-corrected chi connectivity index (χ1v) is 10.1. The van der Waals surface area contributed by atoms with Gasteiger partial charge in [-0.1, -0.05) is 32.0 Å². The van der Waals surface area contributed by atoms with Crippen LogP contribution >= 0.6 is 0 Å². The van der Waals surface area contributed by atoms with Gasteiger partial charge in [-0.05, 0) is 38.3 Å². The van der Waals surface area contributed by atoms with Gasteiger partial charge in [-0.3, -0.25) is 4.68 Å². The number of aromatic nitrogens is 4. The highest BCUT2D eigenvalue weighted by Gasteiger charge is 2.22. The third-order valence-electron chi connectivity index (χ3n) is 4.66. The van der Waals surface area contributed by atoms with Crippen LogP contribution in [0.15, 0.2) is 24.3 Å². The standard InChI is InChI=1S/C21H31N7O/c1-12(2)17-18-19(28(27-17)13(3)4)20(26-21(25-18)24-10-14(5)29)23-11-15-8-6-7-9-16(15)22/h6-9,12-14,29H,10-11,22H2,1-5H3,(H2,23,24,25,26). The van der Waals surface area contributed by atoms with Gasteiger partial charge in [0.1, 0.15) is 11.0 Å². The number of para-hydroxylation sites is 1. The summed E-state index contributed by atoms with van der Waals surface area (Å²) >= 11 is 0. The predicted molar refractivity (Wildman–Crippen MR) is 118 cm³/mol. The number of nitrogens with two attached hydrogens (primary N) is 1. The molecule has 0 saturated heterocycles. The Labute approximate surface area is 171 Å². The van der Waals surface area contributed by atoms with Crippen LogP contribution in [-0.4, -0.2) is 37.5 Å². The minimum Gasteiger partial charge on any atom is -0.398 e. The van der Waals surface area contributed by atoms with Gasteiger partial charge in [0.25, 0.3) is 0 Å². The predicted octanol–water partition coefficient (Wildman–Crippen LogP) is 3.52. The Bertz CT molecular complexity index is 979. The lowest BCUT2D eigenvalue weighted by Crippen LogP contribution is -2.18. The summed E-state index contributed by atoms with van der Waals surface area (Å²) in [6.07, 6.45) is -0.502. The average molecular weight is 398 g/mol. The van der Waals surface area contributed by atoms with Gasteiger partial charge >= 0.3 is 0 Å². The molecule has 0 fully saturated rings. The van der Waals surface area contributed by atoms with Gasteiger partial charge in [0.2, 0.25) is 5.95 Å². The van der Waals surface area contributed by atoms with Crippen molar-refractivity contribution in [3.63, 3.8) is 0 Å². The van der Waals surface area contributed by atoms with Crippen LogP contribution in [0.4, 0.5) is 17.5 Å². The number of nitrogen functional groups attached to an aromatic ring is 1. The van der Waals surface area contributed by atoms with Gasteiger partial charge in [0, 0.05) is 24.8 Å². The molecule has 5 N–H and O–H groups in total. The van der Waals surface area contributed by atoms with E-state index in [9.17, 15) is 5.11 Å². The maximum atomic E-state index is 9.63. The Morgan fingerprint density at radius 1 is 1.07 bits per heavy atom. The van der Waals surface area contributed by atoms with Crippen LogP contribution in [0.5, 0.6) is 0 Å². The Hall–Kier alpha value is -2.87. The van der Waals surface area contributed by atoms with Gasteiger partial charge < -0.3 is 21.5 Å². The Kier molecular flexibility index (Phi) is 6.22. The van der Waals surface area contributed by atoms with Gasteiger partial charge in [-0.25, -0.2) is 4.98 Å². The molecule has 0 radical (unpaired) electrons. The fourth-order valence-electron chi connectivity index (χ4n) is 3.14.